The number of benzene rings is 2. The second kappa shape index (κ2) is 9.75. The summed E-state index contributed by atoms with van der Waals surface area (Å²) in [4.78, 5) is 10.8. The van der Waals surface area contributed by atoms with Crippen LogP contribution in [-0.4, -0.2) is 50.7 Å². The van der Waals surface area contributed by atoms with Crippen LogP contribution in [-0.2, 0) is 10.0 Å². The first-order chi connectivity index (χ1) is 14.9. The van der Waals surface area contributed by atoms with Gasteiger partial charge in [-0.1, -0.05) is 0 Å². The van der Waals surface area contributed by atoms with E-state index in [4.69, 9.17) is 9.47 Å². The molecular formula is C20H24N4O6S. The molecule has 0 saturated carbocycles. The number of hydrogen-bond acceptors (Lipinski definition) is 8. The highest BCUT2D eigenvalue weighted by Gasteiger charge is 2.29. The number of anilines is 1. The van der Waals surface area contributed by atoms with Crippen molar-refractivity contribution >= 4 is 27.6 Å². The third-order valence-electron chi connectivity index (χ3n) is 4.75. The molecular weight excluding hydrogens is 424 g/mol. The Balaban J connectivity index is 1.81. The summed E-state index contributed by atoms with van der Waals surface area (Å²) in [6.45, 7) is 3.21. The number of ether oxygens (including phenoxy) is 2. The summed E-state index contributed by atoms with van der Waals surface area (Å²) in [5, 5.41) is 15.6. The van der Waals surface area contributed by atoms with Crippen LogP contribution in [0.5, 0.6) is 11.5 Å². The van der Waals surface area contributed by atoms with E-state index in [-0.39, 0.29) is 16.3 Å². The van der Waals surface area contributed by atoms with Gasteiger partial charge in [0.1, 0.15) is 5.69 Å². The molecule has 11 heteroatoms. The molecule has 3 rings (SSSR count). The number of sulfonamides is 1. The minimum Gasteiger partial charge on any atom is -0.493 e. The molecule has 0 radical (unpaired) electrons. The first-order valence-electron chi connectivity index (χ1n) is 9.75. The number of rotatable bonds is 9. The Bertz CT molecular complexity index is 1080. The Morgan fingerprint density at radius 1 is 1.19 bits per heavy atom. The standard InChI is InChI=1S/C20H24N4O6S/c1-3-30-19-9-6-15(12-20(19)29-2)14-21-22-17-8-7-16(13-18(17)24(25)26)31(27,28)23-10-4-5-11-23/h6-9,12-14,22H,3-5,10-11H2,1-2H3. The number of nitrogens with one attached hydrogen (secondary N) is 1. The monoisotopic (exact) mass is 448 g/mol. The van der Waals surface area contributed by atoms with Crippen molar-refractivity contribution < 1.29 is 22.8 Å². The Kier molecular flexibility index (Phi) is 7.08. The van der Waals surface area contributed by atoms with Gasteiger partial charge in [-0.05, 0) is 55.7 Å². The van der Waals surface area contributed by atoms with Gasteiger partial charge in [0, 0.05) is 19.2 Å². The molecule has 10 nitrogen and oxygen atoms in total. The first kappa shape index (κ1) is 22.5. The molecule has 31 heavy (non-hydrogen) atoms. The van der Waals surface area contributed by atoms with Crippen LogP contribution in [0.3, 0.4) is 0 Å². The highest BCUT2D eigenvalue weighted by Crippen LogP contribution is 2.30. The van der Waals surface area contributed by atoms with Crippen LogP contribution >= 0.6 is 0 Å². The van der Waals surface area contributed by atoms with Crippen LogP contribution in [0.15, 0.2) is 46.4 Å². The van der Waals surface area contributed by atoms with E-state index >= 15 is 0 Å². The zero-order valence-electron chi connectivity index (χ0n) is 17.3. The van der Waals surface area contributed by atoms with E-state index in [1.165, 1.54) is 29.8 Å². The van der Waals surface area contributed by atoms with Gasteiger partial charge >= 0.3 is 0 Å². The lowest BCUT2D eigenvalue weighted by Gasteiger charge is -2.15. The SMILES string of the molecule is CCOc1ccc(C=NNc2ccc(S(=O)(=O)N3CCCC3)cc2[N+](=O)[O-])cc1OC. The average Bonchev–Trinajstić information content (AvgIpc) is 3.30. The van der Waals surface area contributed by atoms with E-state index in [2.05, 4.69) is 10.5 Å². The van der Waals surface area contributed by atoms with Crippen LogP contribution < -0.4 is 14.9 Å². The van der Waals surface area contributed by atoms with Crippen molar-refractivity contribution in [2.75, 3.05) is 32.2 Å². The summed E-state index contributed by atoms with van der Waals surface area (Å²) in [7, 11) is -2.23. The molecule has 0 unspecified atom stereocenters. The highest BCUT2D eigenvalue weighted by molar-refractivity contribution is 7.89. The van der Waals surface area contributed by atoms with E-state index in [1.54, 1.807) is 18.2 Å². The number of nitro benzene ring substituents is 1. The molecule has 1 heterocycles. The molecule has 1 aliphatic rings. The van der Waals surface area contributed by atoms with Gasteiger partial charge in [0.25, 0.3) is 5.69 Å². The van der Waals surface area contributed by atoms with Crippen molar-refractivity contribution in [3.05, 3.63) is 52.1 Å². The first-order valence-corrected chi connectivity index (χ1v) is 11.2. The molecule has 2 aromatic carbocycles. The lowest BCUT2D eigenvalue weighted by atomic mass is 10.2. The topological polar surface area (TPSA) is 123 Å². The third kappa shape index (κ3) is 5.12. The van der Waals surface area contributed by atoms with Gasteiger partial charge in [0.15, 0.2) is 11.5 Å². The molecule has 1 saturated heterocycles. The van der Waals surface area contributed by atoms with Crippen molar-refractivity contribution in [1.29, 1.82) is 0 Å². The van der Waals surface area contributed by atoms with E-state index < -0.39 is 14.9 Å². The largest absolute Gasteiger partial charge is 0.493 e. The summed E-state index contributed by atoms with van der Waals surface area (Å²) >= 11 is 0. The highest BCUT2D eigenvalue weighted by atomic mass is 32.2. The van der Waals surface area contributed by atoms with Gasteiger partial charge in [-0.25, -0.2) is 8.42 Å². The molecule has 0 aliphatic carbocycles. The van der Waals surface area contributed by atoms with Crippen molar-refractivity contribution in [3.63, 3.8) is 0 Å². The van der Waals surface area contributed by atoms with Gasteiger partial charge < -0.3 is 9.47 Å². The fourth-order valence-electron chi connectivity index (χ4n) is 3.21. The fraction of sp³-hybridized carbons (Fsp3) is 0.350. The molecule has 0 amide bonds. The zero-order valence-corrected chi connectivity index (χ0v) is 18.1. The smallest absolute Gasteiger partial charge is 0.295 e. The van der Waals surface area contributed by atoms with E-state index in [0.29, 0.717) is 36.8 Å². The Morgan fingerprint density at radius 3 is 2.58 bits per heavy atom. The van der Waals surface area contributed by atoms with Gasteiger partial charge in [-0.2, -0.15) is 9.41 Å². The van der Waals surface area contributed by atoms with Crippen molar-refractivity contribution in [1.82, 2.24) is 4.31 Å². The average molecular weight is 449 g/mol. The van der Waals surface area contributed by atoms with Crippen LogP contribution in [0.2, 0.25) is 0 Å². The minimum absolute atomic E-state index is 0.0829. The van der Waals surface area contributed by atoms with E-state index in [9.17, 15) is 18.5 Å². The van der Waals surface area contributed by atoms with Crippen LogP contribution in [0, 0.1) is 10.1 Å². The lowest BCUT2D eigenvalue weighted by Crippen LogP contribution is -2.27. The van der Waals surface area contributed by atoms with Gasteiger partial charge in [0.2, 0.25) is 10.0 Å². The number of hydrazone groups is 1. The van der Waals surface area contributed by atoms with Crippen LogP contribution in [0.25, 0.3) is 0 Å². The maximum atomic E-state index is 12.7. The van der Waals surface area contributed by atoms with Gasteiger partial charge in [-0.3, -0.25) is 15.5 Å². The van der Waals surface area contributed by atoms with Crippen molar-refractivity contribution in [3.8, 4) is 11.5 Å². The molecule has 1 fully saturated rings. The molecule has 2 aromatic rings. The van der Waals surface area contributed by atoms with Gasteiger partial charge in [0.05, 0.1) is 29.8 Å². The molecule has 0 bridgehead atoms. The Labute approximate surface area is 180 Å². The second-order valence-corrected chi connectivity index (χ2v) is 8.70. The van der Waals surface area contributed by atoms with Crippen LogP contribution in [0.1, 0.15) is 25.3 Å². The maximum absolute atomic E-state index is 12.7. The summed E-state index contributed by atoms with van der Waals surface area (Å²) < 4.78 is 37.5. The Morgan fingerprint density at radius 2 is 1.94 bits per heavy atom. The predicted octanol–water partition coefficient (Wildman–Crippen LogP) is 3.23. The number of nitrogens with zero attached hydrogens (tertiary/aromatic N) is 3. The summed E-state index contributed by atoms with van der Waals surface area (Å²) in [5.41, 5.74) is 3.01. The van der Waals surface area contributed by atoms with Crippen molar-refractivity contribution in [2.24, 2.45) is 5.10 Å². The third-order valence-corrected chi connectivity index (χ3v) is 6.65. The molecule has 1 N–H and O–H groups in total. The van der Waals surface area contributed by atoms with Gasteiger partial charge in [-0.15, -0.1) is 0 Å². The predicted molar refractivity (Wildman–Crippen MR) is 116 cm³/mol. The van der Waals surface area contributed by atoms with E-state index in [1.807, 2.05) is 6.92 Å². The normalized spacial score (nSPS) is 14.6. The quantitative estimate of drug-likeness (QED) is 0.355. The van der Waals surface area contributed by atoms with Crippen molar-refractivity contribution in [2.45, 2.75) is 24.7 Å². The summed E-state index contributed by atoms with van der Waals surface area (Å²) in [6, 6.07) is 8.97. The molecule has 0 aromatic heterocycles. The second-order valence-electron chi connectivity index (χ2n) is 6.76. The zero-order chi connectivity index (χ0) is 22.4. The molecule has 0 atom stereocenters. The number of hydrogen-bond donors (Lipinski definition) is 1. The molecule has 1 aliphatic heterocycles. The number of nitro groups is 1. The Hall–Kier alpha value is -3.18. The minimum atomic E-state index is -3.75. The fourth-order valence-corrected chi connectivity index (χ4v) is 4.75. The lowest BCUT2D eigenvalue weighted by molar-refractivity contribution is -0.384. The molecule has 166 valence electrons. The van der Waals surface area contributed by atoms with E-state index in [0.717, 1.165) is 18.9 Å². The molecule has 0 spiro atoms. The summed E-state index contributed by atoms with van der Waals surface area (Å²) in [6.07, 6.45) is 3.04. The summed E-state index contributed by atoms with van der Waals surface area (Å²) in [5.74, 6) is 1.13. The maximum Gasteiger partial charge on any atom is 0.295 e. The number of methoxy groups -OCH3 is 1. The van der Waals surface area contributed by atoms with Crippen LogP contribution in [0.4, 0.5) is 11.4 Å².